The minimum atomic E-state index is 0.640. The molecule has 4 rings (SSSR count). The van der Waals surface area contributed by atoms with Crippen LogP contribution in [-0.4, -0.2) is 26.7 Å². The van der Waals surface area contributed by atoms with Gasteiger partial charge in [-0.25, -0.2) is 0 Å². The zero-order chi connectivity index (χ0) is 14.2. The molecule has 0 atom stereocenters. The van der Waals surface area contributed by atoms with Gasteiger partial charge in [0.05, 0.1) is 25.4 Å². The number of aromatic nitrogens is 4. The van der Waals surface area contributed by atoms with Crippen LogP contribution in [0.25, 0.3) is 15.9 Å². The number of hydrogen-bond acceptors (Lipinski definition) is 5. The van der Waals surface area contributed by atoms with E-state index in [0.29, 0.717) is 12.4 Å². The van der Waals surface area contributed by atoms with Crippen LogP contribution >= 0.6 is 11.3 Å². The second-order valence-electron chi connectivity index (χ2n) is 4.65. The summed E-state index contributed by atoms with van der Waals surface area (Å²) in [4.78, 5) is 5.39. The van der Waals surface area contributed by atoms with Gasteiger partial charge in [0.1, 0.15) is 5.69 Å². The van der Waals surface area contributed by atoms with Crippen LogP contribution in [0.2, 0.25) is 0 Å². The summed E-state index contributed by atoms with van der Waals surface area (Å²) >= 11 is 1.59. The van der Waals surface area contributed by atoms with Gasteiger partial charge < -0.3 is 10.1 Å². The van der Waals surface area contributed by atoms with Gasteiger partial charge in [0.25, 0.3) is 0 Å². The first kappa shape index (κ1) is 12.2. The van der Waals surface area contributed by atoms with E-state index in [-0.39, 0.29) is 0 Å². The molecule has 0 unspecified atom stereocenters. The number of hydrogen-bond donors (Lipinski definition) is 2. The number of ether oxygens (including phenoxy) is 1. The molecule has 7 heteroatoms. The van der Waals surface area contributed by atoms with Crippen molar-refractivity contribution in [2.75, 3.05) is 12.4 Å². The van der Waals surface area contributed by atoms with Crippen molar-refractivity contribution in [1.82, 2.24) is 19.6 Å². The monoisotopic (exact) mass is 299 g/mol. The van der Waals surface area contributed by atoms with Crippen molar-refractivity contribution < 1.29 is 4.74 Å². The Hall–Kier alpha value is -2.54. The van der Waals surface area contributed by atoms with E-state index >= 15 is 0 Å². The van der Waals surface area contributed by atoms with Crippen LogP contribution < -0.4 is 10.1 Å². The third kappa shape index (κ3) is 2.02. The number of methoxy groups -OCH3 is 1. The molecule has 0 fully saturated rings. The van der Waals surface area contributed by atoms with Crippen molar-refractivity contribution in [3.63, 3.8) is 0 Å². The number of benzene rings is 1. The zero-order valence-corrected chi connectivity index (χ0v) is 12.1. The molecule has 106 valence electrons. The summed E-state index contributed by atoms with van der Waals surface area (Å²) in [6.45, 7) is 0.640. The minimum absolute atomic E-state index is 0.640. The molecule has 3 aromatic heterocycles. The number of anilines is 1. The highest BCUT2D eigenvalue weighted by Crippen LogP contribution is 2.24. The van der Waals surface area contributed by atoms with Crippen LogP contribution in [0.1, 0.15) is 5.69 Å². The van der Waals surface area contributed by atoms with Crippen LogP contribution in [-0.2, 0) is 6.54 Å². The molecule has 4 aromatic rings. The third-order valence-electron chi connectivity index (χ3n) is 3.42. The number of imidazole rings is 1. The Balaban J connectivity index is 1.63. The van der Waals surface area contributed by atoms with Crippen LogP contribution in [0.4, 0.5) is 5.69 Å². The van der Waals surface area contributed by atoms with Gasteiger partial charge in [0, 0.05) is 22.7 Å². The zero-order valence-electron chi connectivity index (χ0n) is 11.3. The van der Waals surface area contributed by atoms with Crippen molar-refractivity contribution in [3.8, 4) is 5.88 Å². The van der Waals surface area contributed by atoms with Crippen LogP contribution in [0.3, 0.4) is 0 Å². The topological polar surface area (TPSA) is 67.2 Å². The molecule has 21 heavy (non-hydrogen) atoms. The predicted molar refractivity (Wildman–Crippen MR) is 83.0 cm³/mol. The average molecular weight is 299 g/mol. The predicted octanol–water partition coefficient (Wildman–Crippen LogP) is 2.89. The molecule has 2 N–H and O–H groups in total. The van der Waals surface area contributed by atoms with Gasteiger partial charge in [-0.3, -0.25) is 9.50 Å². The van der Waals surface area contributed by atoms with Crippen LogP contribution in [0, 0.1) is 0 Å². The van der Waals surface area contributed by atoms with Crippen LogP contribution in [0.5, 0.6) is 5.88 Å². The SMILES string of the molecule is COc1nc2sccn2c1CNc1ccc2cn[nH]c2c1. The van der Waals surface area contributed by atoms with Gasteiger partial charge in [0.2, 0.25) is 5.88 Å². The van der Waals surface area contributed by atoms with Crippen LogP contribution in [0.15, 0.2) is 36.0 Å². The first-order chi connectivity index (χ1) is 10.3. The summed E-state index contributed by atoms with van der Waals surface area (Å²) in [7, 11) is 1.65. The van der Waals surface area contributed by atoms with Crippen molar-refractivity contribution in [2.45, 2.75) is 6.54 Å². The summed E-state index contributed by atoms with van der Waals surface area (Å²) in [6.07, 6.45) is 3.82. The molecule has 0 aliphatic rings. The molecule has 0 bridgehead atoms. The summed E-state index contributed by atoms with van der Waals surface area (Å²) in [6, 6.07) is 6.12. The fraction of sp³-hybridized carbons (Fsp3) is 0.143. The molecular weight excluding hydrogens is 286 g/mol. The summed E-state index contributed by atoms with van der Waals surface area (Å²) in [5, 5.41) is 13.5. The Morgan fingerprint density at radius 2 is 2.38 bits per heavy atom. The van der Waals surface area contributed by atoms with Crippen molar-refractivity contribution in [3.05, 3.63) is 41.7 Å². The summed E-state index contributed by atoms with van der Waals surface area (Å²) < 4.78 is 7.40. The van der Waals surface area contributed by atoms with E-state index in [9.17, 15) is 0 Å². The number of rotatable bonds is 4. The molecule has 0 spiro atoms. The Morgan fingerprint density at radius 1 is 1.43 bits per heavy atom. The lowest BCUT2D eigenvalue weighted by atomic mass is 10.2. The molecule has 0 aliphatic carbocycles. The standard InChI is InChI=1S/C14H13N5OS/c1-20-13-12(19-4-5-21-14(19)17-13)8-15-10-3-2-9-7-16-18-11(9)6-10/h2-7,15H,8H2,1H3,(H,16,18). The fourth-order valence-corrected chi connectivity index (χ4v) is 3.09. The van der Waals surface area contributed by atoms with E-state index in [1.165, 1.54) is 0 Å². The van der Waals surface area contributed by atoms with Gasteiger partial charge in [-0.05, 0) is 18.2 Å². The number of H-pyrrole nitrogens is 1. The molecule has 3 heterocycles. The largest absolute Gasteiger partial charge is 0.480 e. The van der Waals surface area contributed by atoms with Gasteiger partial charge in [0.15, 0.2) is 4.96 Å². The Kier molecular flexibility index (Phi) is 2.78. The maximum atomic E-state index is 5.35. The molecule has 0 amide bonds. The molecule has 1 aromatic carbocycles. The maximum Gasteiger partial charge on any atom is 0.238 e. The third-order valence-corrected chi connectivity index (χ3v) is 4.18. The highest BCUT2D eigenvalue weighted by Gasteiger charge is 2.13. The Labute approximate surface area is 124 Å². The molecule has 0 aliphatic heterocycles. The smallest absolute Gasteiger partial charge is 0.238 e. The number of aromatic amines is 1. The highest BCUT2D eigenvalue weighted by atomic mass is 32.1. The Morgan fingerprint density at radius 3 is 3.29 bits per heavy atom. The van der Waals surface area contributed by atoms with E-state index in [1.807, 2.05) is 40.4 Å². The molecule has 0 radical (unpaired) electrons. The van der Waals surface area contributed by atoms with Crippen molar-refractivity contribution in [1.29, 1.82) is 0 Å². The lowest BCUT2D eigenvalue weighted by Crippen LogP contribution is -2.03. The molecule has 0 saturated carbocycles. The second-order valence-corrected chi connectivity index (χ2v) is 5.52. The van der Waals surface area contributed by atoms with Gasteiger partial charge in [-0.2, -0.15) is 10.1 Å². The fourth-order valence-electron chi connectivity index (χ4n) is 2.37. The van der Waals surface area contributed by atoms with Gasteiger partial charge >= 0.3 is 0 Å². The quantitative estimate of drug-likeness (QED) is 0.608. The van der Waals surface area contributed by atoms with Crippen molar-refractivity contribution >= 4 is 32.9 Å². The number of nitrogens with one attached hydrogen (secondary N) is 2. The van der Waals surface area contributed by atoms with E-state index in [1.54, 1.807) is 18.4 Å². The van der Waals surface area contributed by atoms with E-state index in [0.717, 1.165) is 27.2 Å². The Bertz CT molecular complexity index is 906. The van der Waals surface area contributed by atoms with E-state index < -0.39 is 0 Å². The van der Waals surface area contributed by atoms with E-state index in [2.05, 4.69) is 20.5 Å². The summed E-state index contributed by atoms with van der Waals surface area (Å²) in [5.74, 6) is 0.664. The van der Waals surface area contributed by atoms with Gasteiger partial charge in [-0.15, -0.1) is 11.3 Å². The molecule has 0 saturated heterocycles. The molecule has 6 nitrogen and oxygen atoms in total. The lowest BCUT2D eigenvalue weighted by molar-refractivity contribution is 0.395. The average Bonchev–Trinajstić information content (AvgIpc) is 3.19. The van der Waals surface area contributed by atoms with Gasteiger partial charge in [-0.1, -0.05) is 0 Å². The van der Waals surface area contributed by atoms with Crippen molar-refractivity contribution in [2.24, 2.45) is 0 Å². The number of nitrogens with zero attached hydrogens (tertiary/aromatic N) is 3. The molecular formula is C14H13N5OS. The maximum absolute atomic E-state index is 5.35. The first-order valence-electron chi connectivity index (χ1n) is 6.50. The summed E-state index contributed by atoms with van der Waals surface area (Å²) in [5.41, 5.74) is 3.05. The van der Waals surface area contributed by atoms with E-state index in [4.69, 9.17) is 4.74 Å². The highest BCUT2D eigenvalue weighted by molar-refractivity contribution is 7.15. The lowest BCUT2D eigenvalue weighted by Gasteiger charge is -2.07. The first-order valence-corrected chi connectivity index (χ1v) is 7.38. The normalized spacial score (nSPS) is 11.3. The number of fused-ring (bicyclic) bond motifs is 2. The minimum Gasteiger partial charge on any atom is -0.480 e. The second kappa shape index (κ2) is 4.78. The number of thiazole rings is 1.